The maximum absolute atomic E-state index is 12.0. The zero-order chi connectivity index (χ0) is 20.0. The molecule has 0 saturated heterocycles. The first kappa shape index (κ1) is 20.2. The Morgan fingerprint density at radius 1 is 1.26 bits per heavy atom. The summed E-state index contributed by atoms with van der Waals surface area (Å²) < 4.78 is 10.2. The van der Waals surface area contributed by atoms with Crippen LogP contribution in [0.1, 0.15) is 28.9 Å². The van der Waals surface area contributed by atoms with E-state index >= 15 is 0 Å². The first-order valence-electron chi connectivity index (χ1n) is 7.86. The van der Waals surface area contributed by atoms with Gasteiger partial charge in [0.25, 0.3) is 11.6 Å². The van der Waals surface area contributed by atoms with Gasteiger partial charge in [0.05, 0.1) is 23.6 Å². The first-order chi connectivity index (χ1) is 12.8. The van der Waals surface area contributed by atoms with Gasteiger partial charge in [-0.2, -0.15) is 0 Å². The normalized spacial score (nSPS) is 11.4. The summed E-state index contributed by atoms with van der Waals surface area (Å²) in [7, 11) is 1.53. The topological polar surface area (TPSA) is 108 Å². The predicted octanol–water partition coefficient (Wildman–Crippen LogP) is 3.29. The second-order valence-corrected chi connectivity index (χ2v) is 5.94. The van der Waals surface area contributed by atoms with Gasteiger partial charge in [-0.05, 0) is 25.1 Å². The summed E-state index contributed by atoms with van der Waals surface area (Å²) in [6.45, 7) is 1.23. The number of esters is 1. The Morgan fingerprint density at radius 2 is 1.96 bits per heavy atom. The highest BCUT2D eigenvalue weighted by Gasteiger charge is 2.19. The second-order valence-electron chi connectivity index (χ2n) is 5.53. The van der Waals surface area contributed by atoms with Crippen LogP contribution in [-0.4, -0.2) is 30.5 Å². The predicted molar refractivity (Wildman–Crippen MR) is 97.9 cm³/mol. The maximum Gasteiger partial charge on any atom is 0.338 e. The maximum atomic E-state index is 12.0. The summed E-state index contributed by atoms with van der Waals surface area (Å²) in [5.74, 6) is -0.768. The average Bonchev–Trinajstić information content (AvgIpc) is 2.66. The summed E-state index contributed by atoms with van der Waals surface area (Å²) in [5.41, 5.74) is 0.282. The van der Waals surface area contributed by atoms with Crippen molar-refractivity contribution in [3.63, 3.8) is 0 Å². The van der Waals surface area contributed by atoms with Crippen LogP contribution in [0.3, 0.4) is 0 Å². The Hall–Kier alpha value is -3.13. The van der Waals surface area contributed by atoms with Crippen molar-refractivity contribution in [2.45, 2.75) is 13.0 Å². The van der Waals surface area contributed by atoms with Crippen molar-refractivity contribution in [2.24, 2.45) is 0 Å². The number of rotatable bonds is 7. The van der Waals surface area contributed by atoms with Gasteiger partial charge in [-0.3, -0.25) is 14.9 Å². The van der Waals surface area contributed by atoms with Crippen LogP contribution in [0.4, 0.5) is 5.69 Å². The molecule has 0 fully saturated rings. The number of benzene rings is 2. The van der Waals surface area contributed by atoms with Crippen LogP contribution >= 0.6 is 11.6 Å². The standard InChI is InChI=1S/C18H17ClN2O6/c1-11(13-5-3-4-6-16(13)26-2)20-17(22)10-27-18(23)12-7-8-14(19)15(9-12)21(24)25/h3-9,11H,10H2,1-2H3,(H,20,22). The molecule has 0 saturated carbocycles. The van der Waals surface area contributed by atoms with Crippen LogP contribution in [0.5, 0.6) is 5.75 Å². The van der Waals surface area contributed by atoms with Gasteiger partial charge >= 0.3 is 5.97 Å². The minimum atomic E-state index is -0.866. The number of hydrogen-bond acceptors (Lipinski definition) is 6. The Kier molecular flexibility index (Phi) is 6.73. The number of para-hydroxylation sites is 1. The molecule has 27 heavy (non-hydrogen) atoms. The zero-order valence-electron chi connectivity index (χ0n) is 14.6. The molecule has 0 heterocycles. The number of nitro groups is 1. The van der Waals surface area contributed by atoms with Gasteiger partial charge in [0, 0.05) is 11.6 Å². The number of carbonyl (C=O) groups is 2. The summed E-state index contributed by atoms with van der Waals surface area (Å²) in [4.78, 5) is 34.2. The number of hydrogen-bond donors (Lipinski definition) is 1. The molecule has 0 aromatic heterocycles. The van der Waals surface area contributed by atoms with Gasteiger partial charge in [-0.15, -0.1) is 0 Å². The number of halogens is 1. The van der Waals surface area contributed by atoms with E-state index in [2.05, 4.69) is 5.32 Å². The van der Waals surface area contributed by atoms with Crippen LogP contribution in [0, 0.1) is 10.1 Å². The minimum Gasteiger partial charge on any atom is -0.496 e. The molecule has 8 nitrogen and oxygen atoms in total. The van der Waals surface area contributed by atoms with Crippen molar-refractivity contribution in [3.8, 4) is 5.75 Å². The number of nitro benzene ring substituents is 1. The van der Waals surface area contributed by atoms with Gasteiger partial charge in [-0.1, -0.05) is 29.8 Å². The molecule has 1 amide bonds. The van der Waals surface area contributed by atoms with Crippen LogP contribution in [-0.2, 0) is 9.53 Å². The second kappa shape index (κ2) is 9.00. The summed E-state index contributed by atoms with van der Waals surface area (Å²) in [5, 5.41) is 13.5. The van der Waals surface area contributed by atoms with E-state index in [1.54, 1.807) is 13.0 Å². The lowest BCUT2D eigenvalue weighted by atomic mass is 10.1. The summed E-state index contributed by atoms with van der Waals surface area (Å²) in [6.07, 6.45) is 0. The van der Waals surface area contributed by atoms with Gasteiger partial charge in [0.15, 0.2) is 6.61 Å². The van der Waals surface area contributed by atoms with E-state index in [0.717, 1.165) is 11.6 Å². The molecular formula is C18H17ClN2O6. The molecule has 2 aromatic rings. The van der Waals surface area contributed by atoms with Crippen molar-refractivity contribution in [1.82, 2.24) is 5.32 Å². The lowest BCUT2D eigenvalue weighted by Crippen LogP contribution is -2.31. The molecule has 0 aliphatic rings. The molecule has 2 aromatic carbocycles. The van der Waals surface area contributed by atoms with E-state index in [-0.39, 0.29) is 16.6 Å². The zero-order valence-corrected chi connectivity index (χ0v) is 15.4. The highest BCUT2D eigenvalue weighted by molar-refractivity contribution is 6.32. The van der Waals surface area contributed by atoms with Crippen LogP contribution in [0.25, 0.3) is 0 Å². The van der Waals surface area contributed by atoms with Gasteiger partial charge in [0.1, 0.15) is 10.8 Å². The highest BCUT2D eigenvalue weighted by atomic mass is 35.5. The van der Waals surface area contributed by atoms with Crippen LogP contribution in [0.15, 0.2) is 42.5 Å². The lowest BCUT2D eigenvalue weighted by Gasteiger charge is -2.17. The van der Waals surface area contributed by atoms with Gasteiger partial charge in [0.2, 0.25) is 0 Å². The molecule has 0 aliphatic carbocycles. The van der Waals surface area contributed by atoms with Gasteiger partial charge < -0.3 is 14.8 Å². The van der Waals surface area contributed by atoms with E-state index in [1.165, 1.54) is 19.2 Å². The first-order valence-corrected chi connectivity index (χ1v) is 8.24. The SMILES string of the molecule is COc1ccccc1C(C)NC(=O)COC(=O)c1ccc(Cl)c([N+](=O)[O-])c1. The fourth-order valence-corrected chi connectivity index (χ4v) is 2.57. The minimum absolute atomic E-state index is 0.0725. The molecule has 0 spiro atoms. The van der Waals surface area contributed by atoms with Crippen molar-refractivity contribution in [3.05, 3.63) is 68.7 Å². The van der Waals surface area contributed by atoms with E-state index in [9.17, 15) is 19.7 Å². The van der Waals surface area contributed by atoms with Crippen LogP contribution in [0.2, 0.25) is 5.02 Å². The summed E-state index contributed by atoms with van der Waals surface area (Å²) >= 11 is 5.70. The van der Waals surface area contributed by atoms with E-state index < -0.39 is 29.1 Å². The fraction of sp³-hybridized carbons (Fsp3) is 0.222. The Balaban J connectivity index is 1.96. The smallest absolute Gasteiger partial charge is 0.338 e. The molecule has 1 atom stereocenters. The highest BCUT2D eigenvalue weighted by Crippen LogP contribution is 2.26. The average molecular weight is 393 g/mol. The largest absolute Gasteiger partial charge is 0.496 e. The number of ether oxygens (including phenoxy) is 2. The molecule has 0 bridgehead atoms. The Labute approximate surface area is 160 Å². The number of carbonyl (C=O) groups excluding carboxylic acids is 2. The third kappa shape index (κ3) is 5.18. The monoisotopic (exact) mass is 392 g/mol. The van der Waals surface area contributed by atoms with Gasteiger partial charge in [-0.25, -0.2) is 4.79 Å². The quantitative estimate of drug-likeness (QED) is 0.440. The molecule has 1 unspecified atom stereocenters. The molecule has 0 aliphatic heterocycles. The molecule has 142 valence electrons. The Morgan fingerprint density at radius 3 is 2.63 bits per heavy atom. The molecule has 2 rings (SSSR count). The van der Waals surface area contributed by atoms with E-state index in [4.69, 9.17) is 21.1 Å². The molecule has 0 radical (unpaired) electrons. The number of methoxy groups -OCH3 is 1. The number of nitrogens with zero attached hydrogens (tertiary/aromatic N) is 1. The van der Waals surface area contributed by atoms with Crippen molar-refractivity contribution in [1.29, 1.82) is 0 Å². The molecule has 1 N–H and O–H groups in total. The molecule has 9 heteroatoms. The summed E-state index contributed by atoms with van der Waals surface area (Å²) in [6, 6.07) is 10.3. The van der Waals surface area contributed by atoms with Crippen molar-refractivity contribution in [2.75, 3.05) is 13.7 Å². The third-order valence-corrected chi connectivity index (χ3v) is 4.02. The molecular weight excluding hydrogens is 376 g/mol. The third-order valence-electron chi connectivity index (χ3n) is 3.70. The number of amides is 1. The van der Waals surface area contributed by atoms with Crippen molar-refractivity contribution < 1.29 is 24.0 Å². The van der Waals surface area contributed by atoms with E-state index in [1.807, 2.05) is 18.2 Å². The number of nitrogens with one attached hydrogen (secondary N) is 1. The van der Waals surface area contributed by atoms with Crippen LogP contribution < -0.4 is 10.1 Å². The fourth-order valence-electron chi connectivity index (χ4n) is 2.38. The Bertz CT molecular complexity index is 871. The van der Waals surface area contributed by atoms with Crippen molar-refractivity contribution >= 4 is 29.2 Å². The van der Waals surface area contributed by atoms with E-state index in [0.29, 0.717) is 5.75 Å². The lowest BCUT2D eigenvalue weighted by molar-refractivity contribution is -0.384.